The summed E-state index contributed by atoms with van der Waals surface area (Å²) in [7, 11) is 0. The third kappa shape index (κ3) is 2.99. The van der Waals surface area contributed by atoms with E-state index in [0.717, 1.165) is 0 Å². The highest BCUT2D eigenvalue weighted by atomic mass is 17.3. The van der Waals surface area contributed by atoms with Gasteiger partial charge in [-0.1, -0.05) is 5.16 Å². The van der Waals surface area contributed by atoms with Crippen molar-refractivity contribution >= 4 is 6.21 Å². The molecule has 0 saturated carbocycles. The van der Waals surface area contributed by atoms with Gasteiger partial charge in [-0.15, -0.1) is 13.2 Å². The zero-order chi connectivity index (χ0) is 5.54. The second kappa shape index (κ2) is 5.17. The number of oxime groups is 1. The molecule has 0 aliphatic carbocycles. The number of hydrogen-bond donors (Lipinski definition) is 0. The Labute approximate surface area is 42.2 Å². The first-order valence-corrected chi connectivity index (χ1v) is 1.80. The van der Waals surface area contributed by atoms with Crippen molar-refractivity contribution in [1.82, 2.24) is 0 Å². The van der Waals surface area contributed by atoms with Crippen molar-refractivity contribution in [3.8, 4) is 0 Å². The molecule has 0 unspecified atom stereocenters. The van der Waals surface area contributed by atoms with Crippen molar-refractivity contribution in [1.29, 1.82) is 0 Å². The summed E-state index contributed by atoms with van der Waals surface area (Å²) in [4.78, 5) is 8.24. The smallest absolute Gasteiger partial charge is 0.135 e. The van der Waals surface area contributed by atoms with Crippen molar-refractivity contribution in [2.45, 2.75) is 0 Å². The molecule has 0 atom stereocenters. The molecule has 3 heteroatoms. The summed E-state index contributed by atoms with van der Waals surface area (Å²) < 4.78 is 0. The minimum absolute atomic E-state index is 0.486. The molecule has 0 aromatic carbocycles. The van der Waals surface area contributed by atoms with Crippen LogP contribution < -0.4 is 0 Å². The third-order valence-corrected chi connectivity index (χ3v) is 0.313. The van der Waals surface area contributed by atoms with E-state index in [1.54, 1.807) is 6.21 Å². The average Bonchev–Trinajstić information content (AvgIpc) is 2.23. The van der Waals surface area contributed by atoms with Gasteiger partial charge in [0.1, 0.15) is 6.61 Å². The maximum atomic E-state index is 4.22. The lowest BCUT2D eigenvalue weighted by Crippen LogP contribution is -1.77. The van der Waals surface area contributed by atoms with E-state index in [1.807, 2.05) is 0 Å². The van der Waals surface area contributed by atoms with Crippen LogP contribution in [0.15, 0.2) is 18.3 Å². The van der Waals surface area contributed by atoms with Crippen LogP contribution in [-0.2, 0) is 9.88 Å². The highest BCUT2D eigenvalue weighted by Crippen LogP contribution is 1.82. The van der Waals surface area contributed by atoms with E-state index >= 15 is 0 Å². The van der Waals surface area contributed by atoms with Crippen LogP contribution in [0.3, 0.4) is 0 Å². The molecule has 1 heterocycles. The van der Waals surface area contributed by atoms with Crippen molar-refractivity contribution in [3.63, 3.8) is 0 Å². The maximum absolute atomic E-state index is 4.22. The zero-order valence-corrected chi connectivity index (χ0v) is 3.96. The molecule has 0 amide bonds. The van der Waals surface area contributed by atoms with E-state index in [0.29, 0.717) is 6.61 Å². The van der Waals surface area contributed by atoms with Gasteiger partial charge in [0.05, 0.1) is 6.21 Å². The summed E-state index contributed by atoms with van der Waals surface area (Å²) in [6.07, 6.45) is 1.54. The van der Waals surface area contributed by atoms with Gasteiger partial charge in [0, 0.05) is 0 Å². The van der Waals surface area contributed by atoms with Crippen LogP contribution in [0.1, 0.15) is 0 Å². The maximum Gasteiger partial charge on any atom is 0.135 e. The molecule has 0 bridgehead atoms. The molecule has 7 heavy (non-hydrogen) atoms. The van der Waals surface area contributed by atoms with Crippen molar-refractivity contribution < 1.29 is 9.88 Å². The fourth-order valence-corrected chi connectivity index (χ4v) is 0.152. The molecule has 0 spiro atoms. The summed E-state index contributed by atoms with van der Waals surface area (Å²) in [5.74, 6) is 0. The van der Waals surface area contributed by atoms with Gasteiger partial charge in [0.15, 0.2) is 0 Å². The summed E-state index contributed by atoms with van der Waals surface area (Å²) >= 11 is 0. The van der Waals surface area contributed by atoms with Crippen LogP contribution in [0.4, 0.5) is 0 Å². The first-order chi connectivity index (χ1) is 3.50. The highest BCUT2D eigenvalue weighted by molar-refractivity contribution is 5.58. The van der Waals surface area contributed by atoms with E-state index in [4.69, 9.17) is 0 Å². The number of nitrogens with zero attached hydrogens (tertiary/aromatic N) is 1. The minimum Gasteiger partial charge on any atom is -0.221 e. The molecule has 0 N–H and O–H groups in total. The Kier molecular flexibility index (Phi) is 4.56. The summed E-state index contributed by atoms with van der Waals surface area (Å²) in [5.41, 5.74) is 0. The van der Waals surface area contributed by atoms with Crippen LogP contribution >= 0.6 is 0 Å². The normalized spacial score (nSPS) is 14.3. The molecule has 1 aliphatic rings. The monoisotopic (exact) mass is 101 g/mol. The van der Waals surface area contributed by atoms with Gasteiger partial charge in [-0.25, -0.2) is 4.99 Å². The summed E-state index contributed by atoms with van der Waals surface area (Å²) in [5, 5.41) is 3.24. The van der Waals surface area contributed by atoms with Crippen LogP contribution in [0.25, 0.3) is 0 Å². The van der Waals surface area contributed by atoms with E-state index in [-0.39, 0.29) is 0 Å². The Balaban J connectivity index is 0.000000162. The lowest BCUT2D eigenvalue weighted by Gasteiger charge is -1.75. The molecule has 0 aromatic rings. The Hall–Kier alpha value is -0.830. The molecule has 3 nitrogen and oxygen atoms in total. The lowest BCUT2D eigenvalue weighted by molar-refractivity contribution is -0.266. The molecule has 0 fully saturated rings. The Bertz CT molecular complexity index is 56.7. The minimum atomic E-state index is 0.486. The average molecular weight is 101 g/mol. The van der Waals surface area contributed by atoms with Gasteiger partial charge in [-0.3, -0.25) is 0 Å². The number of hydrogen-bond acceptors (Lipinski definition) is 3. The second-order valence-electron chi connectivity index (χ2n) is 0.647. The van der Waals surface area contributed by atoms with E-state index in [2.05, 4.69) is 28.2 Å². The zero-order valence-electron chi connectivity index (χ0n) is 3.96. The van der Waals surface area contributed by atoms with Gasteiger partial charge in [-0.2, -0.15) is 4.89 Å². The van der Waals surface area contributed by atoms with E-state index in [9.17, 15) is 0 Å². The Morgan fingerprint density at radius 1 is 1.57 bits per heavy atom. The third-order valence-electron chi connectivity index (χ3n) is 0.313. The van der Waals surface area contributed by atoms with Gasteiger partial charge in [0.25, 0.3) is 0 Å². The van der Waals surface area contributed by atoms with Crippen LogP contribution in [0, 0.1) is 0 Å². The Morgan fingerprint density at radius 2 is 2.29 bits per heavy atom. The molecule has 40 valence electrons. The highest BCUT2D eigenvalue weighted by Gasteiger charge is 1.86. The summed E-state index contributed by atoms with van der Waals surface area (Å²) in [6.45, 7) is 6.49. The van der Waals surface area contributed by atoms with Gasteiger partial charge < -0.3 is 0 Å². The van der Waals surface area contributed by atoms with Crippen LogP contribution in [0.5, 0.6) is 0 Å². The topological polar surface area (TPSA) is 30.8 Å². The summed E-state index contributed by atoms with van der Waals surface area (Å²) in [6, 6.07) is 0. The first kappa shape index (κ1) is 6.17. The van der Waals surface area contributed by atoms with Gasteiger partial charge in [0.2, 0.25) is 0 Å². The van der Waals surface area contributed by atoms with Gasteiger partial charge in [-0.05, 0) is 0 Å². The molecule has 1 rings (SSSR count). The second-order valence-corrected chi connectivity index (χ2v) is 0.647. The molecule has 0 aromatic heterocycles. The first-order valence-electron chi connectivity index (χ1n) is 1.80. The molecule has 1 aliphatic heterocycles. The molecular formula is C4H7NO2. The number of rotatable bonds is 0. The van der Waals surface area contributed by atoms with Crippen LogP contribution in [0.2, 0.25) is 0 Å². The predicted molar refractivity (Wildman–Crippen MR) is 26.8 cm³/mol. The van der Waals surface area contributed by atoms with Crippen molar-refractivity contribution in [3.05, 3.63) is 13.2 Å². The van der Waals surface area contributed by atoms with Crippen LogP contribution in [-0.4, -0.2) is 12.8 Å². The fourth-order valence-electron chi connectivity index (χ4n) is 0.152. The van der Waals surface area contributed by atoms with E-state index in [1.165, 1.54) is 0 Å². The van der Waals surface area contributed by atoms with Crippen molar-refractivity contribution in [2.24, 2.45) is 5.16 Å². The fraction of sp³-hybridized carbons (Fsp3) is 0.250. The molecule has 0 radical (unpaired) electrons. The standard InChI is InChI=1S/C2H3NO2.C2H4/c1-2-4-5-3-1;1-2/h1H,2H2;1-2H2. The Morgan fingerprint density at radius 3 is 2.43 bits per heavy atom. The van der Waals surface area contributed by atoms with E-state index < -0.39 is 0 Å². The van der Waals surface area contributed by atoms with Crippen molar-refractivity contribution in [2.75, 3.05) is 6.61 Å². The quantitative estimate of drug-likeness (QED) is 0.333. The lowest BCUT2D eigenvalue weighted by atomic mass is 10.8. The largest absolute Gasteiger partial charge is 0.221 e. The molecule has 0 saturated heterocycles. The SMILES string of the molecule is C1=NOOC1.C=C. The molecular weight excluding hydrogens is 94.0 g/mol. The van der Waals surface area contributed by atoms with Gasteiger partial charge >= 0.3 is 0 Å². The predicted octanol–water partition coefficient (Wildman–Crippen LogP) is 0.736.